The highest BCUT2D eigenvalue weighted by Crippen LogP contribution is 2.40. The molecule has 6 heteroatoms. The molecule has 0 bridgehead atoms. The van der Waals surface area contributed by atoms with Gasteiger partial charge in [0.15, 0.2) is 17.5 Å². The van der Waals surface area contributed by atoms with Crippen LogP contribution < -0.4 is 5.32 Å². The van der Waals surface area contributed by atoms with Gasteiger partial charge in [0.25, 0.3) is 0 Å². The monoisotopic (exact) mass is 618 g/mol. The van der Waals surface area contributed by atoms with Gasteiger partial charge in [0.05, 0.1) is 0 Å². The molecule has 1 aliphatic rings. The zero-order chi connectivity index (χ0) is 31.6. The summed E-state index contributed by atoms with van der Waals surface area (Å²) >= 11 is 0. The second-order valence-electron chi connectivity index (χ2n) is 12.0. The summed E-state index contributed by atoms with van der Waals surface area (Å²) in [6, 6.07) is 43.2. The predicted octanol–water partition coefficient (Wildman–Crippen LogP) is 10.8. The Balaban J connectivity index is 1.12. The zero-order valence-corrected chi connectivity index (χ0v) is 25.6. The smallest absolute Gasteiger partial charge is 0.164 e. The Morgan fingerprint density at radius 1 is 0.479 bits per heavy atom. The first-order chi connectivity index (χ1) is 23.8. The van der Waals surface area contributed by atoms with E-state index in [1.807, 2.05) is 66.7 Å². The van der Waals surface area contributed by atoms with Gasteiger partial charge >= 0.3 is 0 Å². The molecule has 0 saturated carbocycles. The number of para-hydroxylation sites is 1. The van der Waals surface area contributed by atoms with E-state index in [0.29, 0.717) is 17.5 Å². The molecule has 0 amide bonds. The topological polar surface area (TPSA) is 77.0 Å². The summed E-state index contributed by atoms with van der Waals surface area (Å²) in [5, 5.41) is 7.72. The lowest BCUT2D eigenvalue weighted by atomic mass is 9.97. The van der Waals surface area contributed by atoms with Crippen molar-refractivity contribution in [1.29, 1.82) is 0 Å². The van der Waals surface area contributed by atoms with Gasteiger partial charge in [-0.05, 0) is 41.5 Å². The lowest BCUT2D eigenvalue weighted by Crippen LogP contribution is -2.03. The summed E-state index contributed by atoms with van der Waals surface area (Å²) in [5.74, 6) is 1.82. The Bertz CT molecular complexity index is 2720. The molecule has 48 heavy (non-hydrogen) atoms. The van der Waals surface area contributed by atoms with Crippen molar-refractivity contribution in [2.75, 3.05) is 11.9 Å². The van der Waals surface area contributed by atoms with E-state index < -0.39 is 0 Å². The van der Waals surface area contributed by atoms with Crippen molar-refractivity contribution in [3.8, 4) is 45.3 Å². The van der Waals surface area contributed by atoms with Gasteiger partial charge in [-0.2, -0.15) is 0 Å². The third-order valence-electron chi connectivity index (χ3n) is 9.14. The molecule has 0 unspecified atom stereocenters. The molecule has 0 radical (unpaired) electrons. The molecule has 1 aliphatic heterocycles. The number of aromatic nitrogens is 3. The van der Waals surface area contributed by atoms with Crippen molar-refractivity contribution >= 4 is 55.6 Å². The van der Waals surface area contributed by atoms with Crippen molar-refractivity contribution in [3.05, 3.63) is 139 Å². The number of benzene rings is 6. The molecular weight excluding hydrogens is 592 g/mol. The number of furan rings is 2. The minimum Gasteiger partial charge on any atom is -0.456 e. The predicted molar refractivity (Wildman–Crippen MR) is 194 cm³/mol. The maximum Gasteiger partial charge on any atom is 0.164 e. The van der Waals surface area contributed by atoms with E-state index in [4.69, 9.17) is 23.8 Å². The number of anilines is 1. The molecule has 9 aromatic rings. The van der Waals surface area contributed by atoms with E-state index >= 15 is 0 Å². The van der Waals surface area contributed by atoms with Gasteiger partial charge in [-0.1, -0.05) is 109 Å². The summed E-state index contributed by atoms with van der Waals surface area (Å²) in [6.45, 7) is 0.821. The molecule has 0 spiro atoms. The first-order valence-electron chi connectivity index (χ1n) is 16.0. The van der Waals surface area contributed by atoms with Crippen LogP contribution in [0.3, 0.4) is 0 Å². The Morgan fingerprint density at radius 3 is 1.92 bits per heavy atom. The number of nitrogens with one attached hydrogen (secondary N) is 1. The molecule has 0 atom stereocenters. The van der Waals surface area contributed by atoms with Crippen LogP contribution in [0.5, 0.6) is 0 Å². The summed E-state index contributed by atoms with van der Waals surface area (Å²) in [5.41, 5.74) is 10.6. The van der Waals surface area contributed by atoms with Gasteiger partial charge in [-0.15, -0.1) is 0 Å². The minimum absolute atomic E-state index is 0.599. The molecule has 226 valence electrons. The van der Waals surface area contributed by atoms with Crippen LogP contribution in [0.4, 0.5) is 5.69 Å². The number of fused-ring (bicyclic) bond motifs is 7. The number of nitrogens with zero attached hydrogens (tertiary/aromatic N) is 3. The van der Waals surface area contributed by atoms with Crippen molar-refractivity contribution < 1.29 is 8.83 Å². The van der Waals surface area contributed by atoms with Crippen LogP contribution in [0.15, 0.2) is 142 Å². The van der Waals surface area contributed by atoms with Crippen LogP contribution in [-0.2, 0) is 0 Å². The van der Waals surface area contributed by atoms with E-state index in [2.05, 4.69) is 78.1 Å². The summed E-state index contributed by atoms with van der Waals surface area (Å²) < 4.78 is 12.5. The van der Waals surface area contributed by atoms with E-state index in [9.17, 15) is 0 Å². The van der Waals surface area contributed by atoms with E-state index in [1.54, 1.807) is 0 Å². The maximum atomic E-state index is 6.34. The van der Waals surface area contributed by atoms with Gasteiger partial charge in [0, 0.05) is 56.0 Å². The average molecular weight is 619 g/mol. The zero-order valence-electron chi connectivity index (χ0n) is 25.6. The maximum absolute atomic E-state index is 6.34. The average Bonchev–Trinajstić information content (AvgIpc) is 3.72. The highest BCUT2D eigenvalue weighted by Gasteiger charge is 2.19. The molecule has 0 fully saturated rings. The highest BCUT2D eigenvalue weighted by molar-refractivity contribution is 6.14. The molecule has 4 heterocycles. The first-order valence-corrected chi connectivity index (χ1v) is 16.0. The van der Waals surface area contributed by atoms with Gasteiger partial charge in [-0.3, -0.25) is 0 Å². The molecule has 0 aliphatic carbocycles. The lowest BCUT2D eigenvalue weighted by Gasteiger charge is -2.12. The van der Waals surface area contributed by atoms with Gasteiger partial charge < -0.3 is 14.2 Å². The van der Waals surface area contributed by atoms with Gasteiger partial charge in [-0.25, -0.2) is 15.0 Å². The summed E-state index contributed by atoms with van der Waals surface area (Å²) in [4.78, 5) is 15.1. The minimum atomic E-state index is 0.599. The second-order valence-corrected chi connectivity index (χ2v) is 12.0. The van der Waals surface area contributed by atoms with Gasteiger partial charge in [0.2, 0.25) is 0 Å². The second kappa shape index (κ2) is 10.5. The molecular formula is C42H26N4O2. The van der Waals surface area contributed by atoms with Crippen molar-refractivity contribution in [2.45, 2.75) is 0 Å². The van der Waals surface area contributed by atoms with Crippen molar-refractivity contribution in [1.82, 2.24) is 15.0 Å². The number of rotatable bonds is 4. The van der Waals surface area contributed by atoms with Crippen LogP contribution in [0.25, 0.3) is 95.2 Å². The Labute approximate surface area is 275 Å². The molecule has 6 aromatic carbocycles. The fraction of sp³-hybridized carbons (Fsp3) is 0.0238. The fourth-order valence-corrected chi connectivity index (χ4v) is 6.88. The third kappa shape index (κ3) is 4.23. The van der Waals surface area contributed by atoms with Crippen LogP contribution in [0.2, 0.25) is 0 Å². The first kappa shape index (κ1) is 26.7. The molecule has 0 saturated heterocycles. The van der Waals surface area contributed by atoms with Crippen LogP contribution in [-0.4, -0.2) is 21.5 Å². The highest BCUT2D eigenvalue weighted by atomic mass is 16.3. The lowest BCUT2D eigenvalue weighted by molar-refractivity contribution is 0.668. The number of hydrogen-bond donors (Lipinski definition) is 1. The van der Waals surface area contributed by atoms with E-state index in [-0.39, 0.29) is 0 Å². The van der Waals surface area contributed by atoms with Crippen LogP contribution in [0.1, 0.15) is 5.56 Å². The normalized spacial score (nSPS) is 12.6. The molecule has 6 nitrogen and oxygen atoms in total. The Hall–Kier alpha value is -6.53. The largest absolute Gasteiger partial charge is 0.456 e. The third-order valence-corrected chi connectivity index (χ3v) is 9.14. The van der Waals surface area contributed by atoms with E-state index in [1.165, 1.54) is 0 Å². The van der Waals surface area contributed by atoms with Crippen LogP contribution in [0, 0.1) is 0 Å². The quantitative estimate of drug-likeness (QED) is 0.211. The summed E-state index contributed by atoms with van der Waals surface area (Å²) in [6.07, 6.45) is 4.27. The summed E-state index contributed by atoms with van der Waals surface area (Å²) in [7, 11) is 0. The van der Waals surface area contributed by atoms with Gasteiger partial charge in [0.1, 0.15) is 22.3 Å². The van der Waals surface area contributed by atoms with E-state index in [0.717, 1.165) is 89.5 Å². The standard InChI is InChI=1S/C42H26N4O2/c1-2-9-26(10-3-1)40-44-41(46-42(45-40)31-14-7-17-36-39(31)30-12-4-5-15-34(30)47-36)27-20-18-25(19-21-27)29-13-6-16-35-38(29)32-24-33-28(11-8-22-43-33)23-37(32)48-35/h1-21,23-24,43H,22H2. The molecule has 3 aromatic heterocycles. The SMILES string of the molecule is C1=Cc2cc3oc4cccc(-c5ccc(-c6nc(-c7ccccc7)nc(-c7cccc8oc9ccccc9c78)n6)cc5)c4c3cc2NC1. The molecule has 10 rings (SSSR count). The Kier molecular flexibility index (Phi) is 5.84. The van der Waals surface area contributed by atoms with Crippen LogP contribution >= 0.6 is 0 Å². The fourth-order valence-electron chi connectivity index (χ4n) is 6.88. The Morgan fingerprint density at radius 2 is 1.10 bits per heavy atom. The molecule has 1 N–H and O–H groups in total. The van der Waals surface area contributed by atoms with Crippen molar-refractivity contribution in [3.63, 3.8) is 0 Å². The number of hydrogen-bond acceptors (Lipinski definition) is 6. The van der Waals surface area contributed by atoms with Crippen molar-refractivity contribution in [2.24, 2.45) is 0 Å².